The maximum Gasteiger partial charge on any atom is 0.253 e. The highest BCUT2D eigenvalue weighted by atomic mass is 19.1. The molecule has 0 aliphatic carbocycles. The van der Waals surface area contributed by atoms with Gasteiger partial charge in [0.05, 0.1) is 30.8 Å². The lowest BCUT2D eigenvalue weighted by Gasteiger charge is -2.32. The monoisotopic (exact) mass is 467 g/mol. The van der Waals surface area contributed by atoms with Gasteiger partial charge in [0, 0.05) is 57.0 Å². The number of carbonyl (C=O) groups excluding carboxylic acids is 1. The molecule has 8 nitrogen and oxygen atoms in total. The van der Waals surface area contributed by atoms with Gasteiger partial charge in [-0.1, -0.05) is 0 Å². The maximum absolute atomic E-state index is 14.0. The molecule has 2 aliphatic rings. The van der Waals surface area contributed by atoms with Gasteiger partial charge in [0.1, 0.15) is 23.8 Å². The number of rotatable bonds is 4. The third-order valence-electron chi connectivity index (χ3n) is 6.11. The van der Waals surface area contributed by atoms with Crippen molar-refractivity contribution < 1.29 is 23.1 Å². The minimum Gasteiger partial charge on any atom is -0.490 e. The molecule has 1 fully saturated rings. The molecule has 0 N–H and O–H groups in total. The van der Waals surface area contributed by atoms with Gasteiger partial charge in [-0.3, -0.25) is 9.59 Å². The first-order valence-corrected chi connectivity index (χ1v) is 11.2. The molecule has 3 aromatic rings. The van der Waals surface area contributed by atoms with E-state index >= 15 is 0 Å². The highest BCUT2D eigenvalue weighted by molar-refractivity contribution is 5.98. The van der Waals surface area contributed by atoms with Gasteiger partial charge in [0.25, 0.3) is 5.91 Å². The smallest absolute Gasteiger partial charge is 0.253 e. The van der Waals surface area contributed by atoms with Gasteiger partial charge in [-0.25, -0.2) is 4.39 Å². The molecule has 0 radical (unpaired) electrons. The minimum atomic E-state index is -0.364. The number of morpholine rings is 1. The number of carbonyl (C=O) groups is 1. The summed E-state index contributed by atoms with van der Waals surface area (Å²) in [6.45, 7) is 3.64. The van der Waals surface area contributed by atoms with Crippen LogP contribution in [-0.2, 0) is 11.3 Å². The van der Waals surface area contributed by atoms with E-state index in [9.17, 15) is 14.0 Å². The summed E-state index contributed by atoms with van der Waals surface area (Å²) in [5, 5.41) is 0.340. The number of benzene rings is 2. The molecule has 34 heavy (non-hydrogen) atoms. The first-order chi connectivity index (χ1) is 16.4. The van der Waals surface area contributed by atoms with Crippen LogP contribution in [0.2, 0.25) is 0 Å². The highest BCUT2D eigenvalue weighted by Crippen LogP contribution is 2.34. The van der Waals surface area contributed by atoms with Gasteiger partial charge in [-0.15, -0.1) is 0 Å². The van der Waals surface area contributed by atoms with E-state index < -0.39 is 0 Å². The van der Waals surface area contributed by atoms with Gasteiger partial charge in [0.2, 0.25) is 0 Å². The highest BCUT2D eigenvalue weighted by Gasteiger charge is 2.24. The van der Waals surface area contributed by atoms with Crippen LogP contribution in [0, 0.1) is 5.82 Å². The van der Waals surface area contributed by atoms with E-state index in [2.05, 4.69) is 0 Å². The average molecular weight is 467 g/mol. The van der Waals surface area contributed by atoms with Gasteiger partial charge in [-0.05, 0) is 24.3 Å². The Balaban J connectivity index is 1.64. The van der Waals surface area contributed by atoms with Crippen LogP contribution in [0.25, 0.3) is 11.0 Å². The van der Waals surface area contributed by atoms with Crippen LogP contribution in [-0.4, -0.2) is 64.4 Å². The van der Waals surface area contributed by atoms with E-state index in [0.717, 1.165) is 0 Å². The molecule has 9 heteroatoms. The van der Waals surface area contributed by atoms with Crippen LogP contribution in [0.15, 0.2) is 45.6 Å². The zero-order valence-corrected chi connectivity index (χ0v) is 19.2. The quantitative estimate of drug-likeness (QED) is 0.584. The van der Waals surface area contributed by atoms with Crippen molar-refractivity contribution in [1.82, 2.24) is 4.90 Å². The van der Waals surface area contributed by atoms with Crippen molar-refractivity contribution in [3.05, 3.63) is 63.6 Å². The van der Waals surface area contributed by atoms with Crippen LogP contribution in [0.1, 0.15) is 15.9 Å². The molecule has 5 rings (SSSR count). The van der Waals surface area contributed by atoms with Crippen molar-refractivity contribution in [2.24, 2.45) is 0 Å². The van der Waals surface area contributed by atoms with Crippen LogP contribution in [0.4, 0.5) is 16.0 Å². The second-order valence-corrected chi connectivity index (χ2v) is 8.64. The third-order valence-corrected chi connectivity index (χ3v) is 6.11. The maximum atomic E-state index is 14.0. The van der Waals surface area contributed by atoms with Gasteiger partial charge < -0.3 is 28.6 Å². The number of anilines is 2. The number of amides is 1. The molecule has 2 aliphatic heterocycles. The van der Waals surface area contributed by atoms with Crippen LogP contribution in [0.3, 0.4) is 0 Å². The zero-order valence-electron chi connectivity index (χ0n) is 19.2. The molecule has 1 amide bonds. The summed E-state index contributed by atoms with van der Waals surface area (Å²) in [6, 6.07) is 9.22. The van der Waals surface area contributed by atoms with E-state index in [1.807, 2.05) is 9.80 Å². The van der Waals surface area contributed by atoms with Gasteiger partial charge in [0.15, 0.2) is 11.3 Å². The van der Waals surface area contributed by atoms with E-state index in [1.54, 1.807) is 32.3 Å². The Hall–Kier alpha value is -3.59. The van der Waals surface area contributed by atoms with Crippen molar-refractivity contribution in [2.75, 3.05) is 63.4 Å². The fraction of sp³-hybridized carbons (Fsp3) is 0.360. The Morgan fingerprint density at radius 1 is 1.06 bits per heavy atom. The Morgan fingerprint density at radius 2 is 1.85 bits per heavy atom. The van der Waals surface area contributed by atoms with E-state index in [0.29, 0.717) is 85.4 Å². The molecule has 0 bridgehead atoms. The van der Waals surface area contributed by atoms with Crippen molar-refractivity contribution in [3.8, 4) is 5.75 Å². The number of nitrogens with zero attached hydrogens (tertiary/aromatic N) is 3. The number of ether oxygens (including phenoxy) is 2. The summed E-state index contributed by atoms with van der Waals surface area (Å²) in [6.07, 6.45) is 0. The summed E-state index contributed by atoms with van der Waals surface area (Å²) in [5.41, 5.74) is 1.90. The average Bonchev–Trinajstić information content (AvgIpc) is 2.84. The lowest BCUT2D eigenvalue weighted by Crippen LogP contribution is -2.36. The molecule has 0 unspecified atom stereocenters. The summed E-state index contributed by atoms with van der Waals surface area (Å²) >= 11 is 0. The second-order valence-electron chi connectivity index (χ2n) is 8.64. The molecular formula is C25H26FN3O5. The van der Waals surface area contributed by atoms with Crippen molar-refractivity contribution in [2.45, 2.75) is 6.54 Å². The molecule has 3 heterocycles. The Morgan fingerprint density at radius 3 is 2.62 bits per heavy atom. The normalized spacial score (nSPS) is 15.7. The van der Waals surface area contributed by atoms with E-state index in [-0.39, 0.29) is 17.2 Å². The van der Waals surface area contributed by atoms with Crippen molar-refractivity contribution >= 4 is 28.4 Å². The number of hydrogen-bond donors (Lipinski definition) is 0. The zero-order chi connectivity index (χ0) is 23.8. The molecule has 1 aromatic heterocycles. The summed E-state index contributed by atoms with van der Waals surface area (Å²) in [4.78, 5) is 31.4. The summed E-state index contributed by atoms with van der Waals surface area (Å²) in [5.74, 6) is 0.486. The summed E-state index contributed by atoms with van der Waals surface area (Å²) in [7, 11) is 3.33. The Kier molecular flexibility index (Phi) is 5.87. The number of fused-ring (bicyclic) bond motifs is 2. The van der Waals surface area contributed by atoms with E-state index in [1.165, 1.54) is 23.1 Å². The standard InChI is InChI=1S/C25H26FN3O5/c1-27(2)25(31)16-11-17(15-29-7-10-33-22-4-3-18(26)13-20(22)29)24-19(12-16)21(30)14-23(34-24)28-5-8-32-9-6-28/h3-4,11-14H,5-10,15H2,1-2H3. The third kappa shape index (κ3) is 4.19. The molecule has 1 saturated heterocycles. The number of halogens is 1. The predicted octanol–water partition coefficient (Wildman–Crippen LogP) is 2.87. The topological polar surface area (TPSA) is 75.5 Å². The predicted molar refractivity (Wildman–Crippen MR) is 126 cm³/mol. The molecule has 0 atom stereocenters. The second kappa shape index (κ2) is 8.98. The SMILES string of the molecule is CN(C)C(=O)c1cc(CN2CCOc3ccc(F)cc32)c2oc(N3CCOCC3)cc(=O)c2c1. The lowest BCUT2D eigenvalue weighted by atomic mass is 10.0. The Labute approximate surface area is 196 Å². The largest absolute Gasteiger partial charge is 0.490 e. The van der Waals surface area contributed by atoms with Gasteiger partial charge >= 0.3 is 0 Å². The minimum absolute atomic E-state index is 0.215. The molecular weight excluding hydrogens is 441 g/mol. The molecule has 2 aromatic carbocycles. The fourth-order valence-electron chi connectivity index (χ4n) is 4.37. The molecule has 0 spiro atoms. The van der Waals surface area contributed by atoms with Crippen molar-refractivity contribution in [1.29, 1.82) is 0 Å². The lowest BCUT2D eigenvalue weighted by molar-refractivity contribution is 0.0827. The molecule has 0 saturated carbocycles. The van der Waals surface area contributed by atoms with E-state index in [4.69, 9.17) is 13.9 Å². The van der Waals surface area contributed by atoms with Gasteiger partial charge in [-0.2, -0.15) is 0 Å². The van der Waals surface area contributed by atoms with Crippen LogP contribution >= 0.6 is 0 Å². The Bertz CT molecular complexity index is 1300. The first kappa shape index (κ1) is 22.2. The van der Waals surface area contributed by atoms with Crippen LogP contribution in [0.5, 0.6) is 5.75 Å². The summed E-state index contributed by atoms with van der Waals surface area (Å²) < 4.78 is 31.4. The fourth-order valence-corrected chi connectivity index (χ4v) is 4.37. The van der Waals surface area contributed by atoms with Crippen molar-refractivity contribution in [3.63, 3.8) is 0 Å². The number of hydrogen-bond acceptors (Lipinski definition) is 7. The first-order valence-electron chi connectivity index (χ1n) is 11.2. The molecule has 178 valence electrons. The van der Waals surface area contributed by atoms with Crippen LogP contribution < -0.4 is 20.0 Å².